The van der Waals surface area contributed by atoms with Gasteiger partial charge < -0.3 is 15.4 Å². The van der Waals surface area contributed by atoms with Crippen LogP contribution in [0.4, 0.5) is 18.9 Å². The van der Waals surface area contributed by atoms with Crippen molar-refractivity contribution in [1.29, 1.82) is 0 Å². The first-order valence-corrected chi connectivity index (χ1v) is 7.65. The quantitative estimate of drug-likeness (QED) is 0.787. The molecular formula is C17H17F3N2OS. The van der Waals surface area contributed by atoms with E-state index < -0.39 is 11.7 Å². The fraction of sp³-hybridized carbons (Fsp3) is 0.235. The van der Waals surface area contributed by atoms with Crippen LogP contribution in [-0.4, -0.2) is 18.8 Å². The van der Waals surface area contributed by atoms with Gasteiger partial charge in [-0.2, -0.15) is 13.2 Å². The molecule has 0 saturated heterocycles. The Bertz CT molecular complexity index is 704. The van der Waals surface area contributed by atoms with Gasteiger partial charge in [0.15, 0.2) is 5.11 Å². The third-order valence-corrected chi connectivity index (χ3v) is 3.57. The Morgan fingerprint density at radius 2 is 1.88 bits per heavy atom. The summed E-state index contributed by atoms with van der Waals surface area (Å²) in [5, 5.41) is 6.00. The normalized spacial score (nSPS) is 11.0. The Labute approximate surface area is 143 Å². The van der Waals surface area contributed by atoms with Crippen LogP contribution in [0.25, 0.3) is 0 Å². The lowest BCUT2D eigenvalue weighted by Gasteiger charge is -2.13. The van der Waals surface area contributed by atoms with Gasteiger partial charge in [0, 0.05) is 12.2 Å². The molecule has 2 rings (SSSR count). The van der Waals surface area contributed by atoms with Crippen LogP contribution in [0.5, 0.6) is 5.75 Å². The molecule has 2 aromatic carbocycles. The van der Waals surface area contributed by atoms with Gasteiger partial charge >= 0.3 is 6.18 Å². The summed E-state index contributed by atoms with van der Waals surface area (Å²) in [5.74, 6) is 0.788. The van der Waals surface area contributed by atoms with E-state index in [1.165, 1.54) is 12.1 Å². The topological polar surface area (TPSA) is 33.3 Å². The number of hydrogen-bond donors (Lipinski definition) is 2. The second-order valence-electron chi connectivity index (χ2n) is 5.02. The average Bonchev–Trinajstić information content (AvgIpc) is 2.55. The zero-order valence-electron chi connectivity index (χ0n) is 13.0. The van der Waals surface area contributed by atoms with Gasteiger partial charge in [-0.1, -0.05) is 24.3 Å². The number of alkyl halides is 3. The molecule has 0 heterocycles. The molecule has 0 spiro atoms. The summed E-state index contributed by atoms with van der Waals surface area (Å²) < 4.78 is 43.3. The molecule has 0 unspecified atom stereocenters. The molecule has 0 amide bonds. The molecule has 0 saturated carbocycles. The van der Waals surface area contributed by atoms with E-state index in [1.807, 2.05) is 24.3 Å². The van der Waals surface area contributed by atoms with Gasteiger partial charge in [0.25, 0.3) is 0 Å². The molecule has 0 atom stereocenters. The van der Waals surface area contributed by atoms with Gasteiger partial charge in [-0.05, 0) is 48.5 Å². The van der Waals surface area contributed by atoms with Crippen molar-refractivity contribution in [2.75, 3.05) is 19.0 Å². The first kappa shape index (κ1) is 18.1. The Balaban J connectivity index is 1.88. The highest BCUT2D eigenvalue weighted by atomic mass is 32.1. The van der Waals surface area contributed by atoms with Crippen molar-refractivity contribution in [2.24, 2.45) is 0 Å². The van der Waals surface area contributed by atoms with Crippen LogP contribution in [0.2, 0.25) is 0 Å². The van der Waals surface area contributed by atoms with Crippen LogP contribution in [0.3, 0.4) is 0 Å². The maximum atomic E-state index is 12.7. The van der Waals surface area contributed by atoms with Gasteiger partial charge in [0.1, 0.15) is 5.75 Å². The lowest BCUT2D eigenvalue weighted by molar-refractivity contribution is -0.137. The van der Waals surface area contributed by atoms with Gasteiger partial charge in [-0.15, -0.1) is 0 Å². The number of hydrogen-bond acceptors (Lipinski definition) is 2. The average molecular weight is 354 g/mol. The Morgan fingerprint density at radius 3 is 2.58 bits per heavy atom. The Hall–Kier alpha value is -2.28. The number of methoxy groups -OCH3 is 1. The maximum absolute atomic E-state index is 12.7. The minimum absolute atomic E-state index is 0.268. The van der Waals surface area contributed by atoms with E-state index in [4.69, 9.17) is 17.0 Å². The monoisotopic (exact) mass is 354 g/mol. The molecule has 0 aromatic heterocycles. The summed E-state index contributed by atoms with van der Waals surface area (Å²) in [7, 11) is 1.60. The number of para-hydroxylation sites is 1. The Morgan fingerprint density at radius 1 is 1.12 bits per heavy atom. The number of rotatable bonds is 5. The zero-order chi connectivity index (χ0) is 17.6. The van der Waals surface area contributed by atoms with Gasteiger partial charge in [0.2, 0.25) is 0 Å². The minimum atomic E-state index is -4.38. The smallest absolute Gasteiger partial charge is 0.416 e. The highest BCUT2D eigenvalue weighted by molar-refractivity contribution is 7.80. The SMILES string of the molecule is COc1ccccc1CCNC(=S)Nc1cccc(C(F)(F)F)c1. The van der Waals surface area contributed by atoms with Crippen molar-refractivity contribution in [3.05, 3.63) is 59.7 Å². The molecule has 3 nitrogen and oxygen atoms in total. The second-order valence-corrected chi connectivity index (χ2v) is 5.43. The molecule has 2 aromatic rings. The molecule has 0 radical (unpaired) electrons. The summed E-state index contributed by atoms with van der Waals surface area (Å²) >= 11 is 5.11. The summed E-state index contributed by atoms with van der Waals surface area (Å²) in [6.07, 6.45) is -3.70. The lowest BCUT2D eigenvalue weighted by atomic mass is 10.1. The van der Waals surface area contributed by atoms with Gasteiger partial charge in [0.05, 0.1) is 12.7 Å². The van der Waals surface area contributed by atoms with E-state index in [0.717, 1.165) is 23.4 Å². The number of thiocarbonyl (C=S) groups is 1. The fourth-order valence-electron chi connectivity index (χ4n) is 2.17. The van der Waals surface area contributed by atoms with E-state index >= 15 is 0 Å². The molecule has 0 fully saturated rings. The minimum Gasteiger partial charge on any atom is -0.496 e. The number of nitrogens with one attached hydrogen (secondary N) is 2. The van der Waals surface area contributed by atoms with Crippen molar-refractivity contribution in [2.45, 2.75) is 12.6 Å². The number of anilines is 1. The van der Waals surface area contributed by atoms with Crippen LogP contribution in [0, 0.1) is 0 Å². The van der Waals surface area contributed by atoms with Crippen molar-refractivity contribution in [1.82, 2.24) is 5.32 Å². The van der Waals surface area contributed by atoms with Crippen molar-refractivity contribution in [3.63, 3.8) is 0 Å². The van der Waals surface area contributed by atoms with E-state index in [-0.39, 0.29) is 5.11 Å². The predicted molar refractivity (Wildman–Crippen MR) is 92.4 cm³/mol. The van der Waals surface area contributed by atoms with Gasteiger partial charge in [-0.3, -0.25) is 0 Å². The standard InChI is InChI=1S/C17H17F3N2OS/c1-23-15-8-3-2-5-12(15)9-10-21-16(24)22-14-7-4-6-13(11-14)17(18,19)20/h2-8,11H,9-10H2,1H3,(H2,21,22,24). The van der Waals surface area contributed by atoms with E-state index in [2.05, 4.69) is 10.6 Å². The summed E-state index contributed by atoms with van der Waals surface area (Å²) in [6.45, 7) is 0.533. The number of halogens is 3. The number of ether oxygens (including phenoxy) is 1. The molecule has 0 aliphatic heterocycles. The van der Waals surface area contributed by atoms with E-state index in [1.54, 1.807) is 7.11 Å². The van der Waals surface area contributed by atoms with Crippen molar-refractivity contribution in [3.8, 4) is 5.75 Å². The summed E-state index contributed by atoms with van der Waals surface area (Å²) in [4.78, 5) is 0. The second kappa shape index (κ2) is 8.01. The van der Waals surface area contributed by atoms with E-state index in [0.29, 0.717) is 18.7 Å². The third-order valence-electron chi connectivity index (χ3n) is 3.32. The fourth-order valence-corrected chi connectivity index (χ4v) is 2.39. The van der Waals surface area contributed by atoms with Crippen LogP contribution in [0.1, 0.15) is 11.1 Å². The van der Waals surface area contributed by atoms with Crippen LogP contribution < -0.4 is 15.4 Å². The predicted octanol–water partition coefficient (Wildman–Crippen LogP) is 4.24. The molecule has 2 N–H and O–H groups in total. The third kappa shape index (κ3) is 5.13. The largest absolute Gasteiger partial charge is 0.496 e. The number of benzene rings is 2. The molecule has 0 aliphatic carbocycles. The van der Waals surface area contributed by atoms with Crippen LogP contribution in [-0.2, 0) is 12.6 Å². The molecule has 0 aliphatic rings. The molecule has 128 valence electrons. The first-order chi connectivity index (χ1) is 11.4. The van der Waals surface area contributed by atoms with E-state index in [9.17, 15) is 13.2 Å². The Kier molecular flexibility index (Phi) is 6.03. The zero-order valence-corrected chi connectivity index (χ0v) is 13.8. The van der Waals surface area contributed by atoms with Crippen LogP contribution >= 0.6 is 12.2 Å². The van der Waals surface area contributed by atoms with Gasteiger partial charge in [-0.25, -0.2) is 0 Å². The maximum Gasteiger partial charge on any atom is 0.416 e. The summed E-state index contributed by atoms with van der Waals surface area (Å²) in [6, 6.07) is 12.5. The molecule has 7 heteroatoms. The molecular weight excluding hydrogens is 337 g/mol. The van der Waals surface area contributed by atoms with Crippen molar-refractivity contribution < 1.29 is 17.9 Å². The first-order valence-electron chi connectivity index (χ1n) is 7.24. The van der Waals surface area contributed by atoms with Crippen molar-refractivity contribution >= 4 is 23.0 Å². The molecule has 24 heavy (non-hydrogen) atoms. The lowest BCUT2D eigenvalue weighted by Crippen LogP contribution is -2.30. The molecule has 0 bridgehead atoms. The highest BCUT2D eigenvalue weighted by Gasteiger charge is 2.30. The van der Waals surface area contributed by atoms with Crippen LogP contribution in [0.15, 0.2) is 48.5 Å². The highest BCUT2D eigenvalue weighted by Crippen LogP contribution is 2.30. The summed E-state index contributed by atoms with van der Waals surface area (Å²) in [5.41, 5.74) is 0.596.